The number of carboxylic acid groups (broad SMARTS) is 1. The predicted molar refractivity (Wildman–Crippen MR) is 131 cm³/mol. The second kappa shape index (κ2) is 9.84. The van der Waals surface area contributed by atoms with Crippen LogP contribution in [0.15, 0.2) is 71.6 Å². The van der Waals surface area contributed by atoms with Crippen LogP contribution in [0.2, 0.25) is 0 Å². The van der Waals surface area contributed by atoms with E-state index in [1.807, 2.05) is 68.4 Å². The van der Waals surface area contributed by atoms with Gasteiger partial charge in [0.1, 0.15) is 6.04 Å². The number of carbonyl (C=O) groups is 1. The van der Waals surface area contributed by atoms with E-state index in [2.05, 4.69) is 4.72 Å². The molecule has 1 aliphatic rings. The Morgan fingerprint density at radius 2 is 1.76 bits per heavy atom. The summed E-state index contributed by atoms with van der Waals surface area (Å²) in [4.78, 5) is 14.3. The van der Waals surface area contributed by atoms with Crippen molar-refractivity contribution in [1.29, 1.82) is 0 Å². The van der Waals surface area contributed by atoms with Crippen molar-refractivity contribution in [2.75, 3.05) is 20.6 Å². The molecule has 7 nitrogen and oxygen atoms in total. The molecule has 0 amide bonds. The number of hydrogen-bond donors (Lipinski definition) is 2. The van der Waals surface area contributed by atoms with Crippen LogP contribution in [0.4, 0.5) is 0 Å². The van der Waals surface area contributed by atoms with Crippen LogP contribution in [-0.2, 0) is 19.6 Å². The molecule has 34 heavy (non-hydrogen) atoms. The van der Waals surface area contributed by atoms with E-state index < -0.39 is 34.1 Å². The highest BCUT2D eigenvalue weighted by molar-refractivity contribution is 7.89. The Morgan fingerprint density at radius 1 is 1.09 bits per heavy atom. The first-order valence-corrected chi connectivity index (χ1v) is 12.7. The fourth-order valence-corrected chi connectivity index (χ4v) is 5.90. The lowest BCUT2D eigenvalue weighted by Crippen LogP contribution is -2.49. The molecule has 0 aromatic heterocycles. The predicted octanol–water partition coefficient (Wildman–Crippen LogP) is 3.59. The number of hydrogen-bond acceptors (Lipinski definition) is 5. The summed E-state index contributed by atoms with van der Waals surface area (Å²) in [5, 5.41) is 12.2. The number of benzene rings is 3. The van der Waals surface area contributed by atoms with Crippen LogP contribution in [0.25, 0.3) is 10.8 Å². The highest BCUT2D eigenvalue weighted by Crippen LogP contribution is 2.41. The number of ether oxygens (including phenoxy) is 1. The van der Waals surface area contributed by atoms with Crippen LogP contribution in [0.1, 0.15) is 23.7 Å². The van der Waals surface area contributed by atoms with Gasteiger partial charge in [0.2, 0.25) is 10.0 Å². The number of carboxylic acids is 1. The molecule has 0 bridgehead atoms. The Balaban J connectivity index is 1.67. The number of likely N-dealkylation sites (N-methyl/N-ethyl adjacent to an activating group) is 1. The van der Waals surface area contributed by atoms with Crippen LogP contribution in [0.3, 0.4) is 0 Å². The summed E-state index contributed by atoms with van der Waals surface area (Å²) < 4.78 is 35.0. The van der Waals surface area contributed by atoms with E-state index in [9.17, 15) is 18.3 Å². The van der Waals surface area contributed by atoms with Crippen molar-refractivity contribution in [3.8, 4) is 0 Å². The molecule has 0 saturated carbocycles. The number of fused-ring (bicyclic) bond motifs is 1. The smallest absolute Gasteiger partial charge is 0.322 e. The number of aliphatic carboxylic acids is 1. The fourth-order valence-electron chi connectivity index (χ4n) is 4.66. The third kappa shape index (κ3) is 5.15. The Bertz CT molecular complexity index is 1270. The minimum absolute atomic E-state index is 0.0398. The highest BCUT2D eigenvalue weighted by atomic mass is 32.2. The van der Waals surface area contributed by atoms with Gasteiger partial charge in [-0.25, -0.2) is 8.42 Å². The maximum Gasteiger partial charge on any atom is 0.322 e. The van der Waals surface area contributed by atoms with E-state index in [0.29, 0.717) is 13.0 Å². The van der Waals surface area contributed by atoms with E-state index in [0.717, 1.165) is 21.9 Å². The minimum Gasteiger partial charge on any atom is -0.480 e. The van der Waals surface area contributed by atoms with E-state index in [1.54, 1.807) is 12.1 Å². The Hall–Kier alpha value is -2.78. The van der Waals surface area contributed by atoms with Gasteiger partial charge in [-0.15, -0.1) is 0 Å². The second-order valence-corrected chi connectivity index (χ2v) is 10.9. The molecular formula is C26H30N2O5S. The van der Waals surface area contributed by atoms with Gasteiger partial charge in [-0.1, -0.05) is 60.2 Å². The summed E-state index contributed by atoms with van der Waals surface area (Å²) in [5.41, 5.74) is 1.90. The molecule has 1 unspecified atom stereocenters. The molecule has 8 heteroatoms. The summed E-state index contributed by atoms with van der Waals surface area (Å²) >= 11 is 0. The normalized spacial score (nSPS) is 21.7. The van der Waals surface area contributed by atoms with Gasteiger partial charge < -0.3 is 14.7 Å². The molecule has 4 atom stereocenters. The van der Waals surface area contributed by atoms with Crippen molar-refractivity contribution >= 4 is 26.8 Å². The Labute approximate surface area is 200 Å². The molecule has 0 radical (unpaired) electrons. The van der Waals surface area contributed by atoms with Crippen molar-refractivity contribution < 1.29 is 23.1 Å². The summed E-state index contributed by atoms with van der Waals surface area (Å²) in [5.74, 6) is -1.77. The van der Waals surface area contributed by atoms with Gasteiger partial charge in [-0.2, -0.15) is 4.72 Å². The SMILES string of the molecule is Cc1ccc(S(=O)(=O)N[C@H](C(=O)O)C2C[C@H](c3cccc4ccccc34)O[C@@H]2CN(C)C)cc1. The van der Waals surface area contributed by atoms with Crippen LogP contribution in [0.5, 0.6) is 0 Å². The summed E-state index contributed by atoms with van der Waals surface area (Å²) in [6.45, 7) is 2.33. The third-order valence-electron chi connectivity index (χ3n) is 6.33. The molecule has 1 fully saturated rings. The molecule has 0 aliphatic carbocycles. The number of aryl methyl sites for hydroxylation is 1. The van der Waals surface area contributed by atoms with Gasteiger partial charge in [0, 0.05) is 12.5 Å². The average molecular weight is 483 g/mol. The van der Waals surface area contributed by atoms with E-state index in [1.165, 1.54) is 12.1 Å². The van der Waals surface area contributed by atoms with Gasteiger partial charge in [0.05, 0.1) is 17.1 Å². The standard InChI is InChI=1S/C26H30N2O5S/c1-17-11-13-19(14-12-17)34(31,32)27-25(26(29)30)22-15-23(33-24(22)16-28(2)3)21-10-6-8-18-7-4-5-9-20(18)21/h4-14,22-25,27H,15-16H2,1-3H3,(H,29,30)/t22?,23-,24-,25+/m1/s1. The molecule has 1 saturated heterocycles. The summed E-state index contributed by atoms with van der Waals surface area (Å²) in [6, 6.07) is 19.0. The zero-order chi connectivity index (χ0) is 24.5. The third-order valence-corrected chi connectivity index (χ3v) is 7.78. The second-order valence-electron chi connectivity index (χ2n) is 9.14. The lowest BCUT2D eigenvalue weighted by molar-refractivity contribution is -0.141. The van der Waals surface area contributed by atoms with Crippen molar-refractivity contribution in [1.82, 2.24) is 9.62 Å². The van der Waals surface area contributed by atoms with Crippen LogP contribution < -0.4 is 4.72 Å². The number of nitrogens with one attached hydrogen (secondary N) is 1. The van der Waals surface area contributed by atoms with Crippen molar-refractivity contribution in [2.45, 2.75) is 36.5 Å². The molecule has 180 valence electrons. The van der Waals surface area contributed by atoms with Crippen molar-refractivity contribution in [3.05, 3.63) is 77.9 Å². The first kappa shape index (κ1) is 24.3. The number of rotatable bonds is 8. The molecule has 1 aliphatic heterocycles. The van der Waals surface area contributed by atoms with Crippen molar-refractivity contribution in [2.24, 2.45) is 5.92 Å². The monoisotopic (exact) mass is 482 g/mol. The van der Waals surface area contributed by atoms with E-state index in [-0.39, 0.29) is 11.0 Å². The molecule has 1 heterocycles. The maximum absolute atomic E-state index is 13.0. The molecule has 0 spiro atoms. The zero-order valence-electron chi connectivity index (χ0n) is 19.5. The van der Waals surface area contributed by atoms with Crippen molar-refractivity contribution in [3.63, 3.8) is 0 Å². The summed E-state index contributed by atoms with van der Waals surface area (Å²) in [6.07, 6.45) is -0.410. The molecular weight excluding hydrogens is 452 g/mol. The van der Waals surface area contributed by atoms with E-state index >= 15 is 0 Å². The number of sulfonamides is 1. The summed E-state index contributed by atoms with van der Waals surface area (Å²) in [7, 11) is -0.254. The quantitative estimate of drug-likeness (QED) is 0.510. The maximum atomic E-state index is 13.0. The Morgan fingerprint density at radius 3 is 2.44 bits per heavy atom. The lowest BCUT2D eigenvalue weighted by Gasteiger charge is -2.27. The first-order chi connectivity index (χ1) is 16.2. The van der Waals surface area contributed by atoms with E-state index in [4.69, 9.17) is 4.74 Å². The lowest BCUT2D eigenvalue weighted by atomic mass is 9.88. The van der Waals surface area contributed by atoms with Crippen LogP contribution >= 0.6 is 0 Å². The zero-order valence-corrected chi connectivity index (χ0v) is 20.3. The minimum atomic E-state index is -4.03. The largest absolute Gasteiger partial charge is 0.480 e. The van der Waals surface area contributed by atoms with Crippen LogP contribution in [-0.4, -0.2) is 57.2 Å². The van der Waals surface area contributed by atoms with Gasteiger partial charge in [-0.05, 0) is 55.9 Å². The van der Waals surface area contributed by atoms with Gasteiger partial charge in [0.25, 0.3) is 0 Å². The van der Waals surface area contributed by atoms with Gasteiger partial charge >= 0.3 is 5.97 Å². The topological polar surface area (TPSA) is 95.9 Å². The van der Waals surface area contributed by atoms with Gasteiger partial charge in [0.15, 0.2) is 0 Å². The highest BCUT2D eigenvalue weighted by Gasteiger charge is 2.45. The van der Waals surface area contributed by atoms with Gasteiger partial charge in [-0.3, -0.25) is 4.79 Å². The molecule has 4 rings (SSSR count). The average Bonchev–Trinajstić information content (AvgIpc) is 3.19. The molecule has 3 aromatic carbocycles. The number of nitrogens with zero attached hydrogens (tertiary/aromatic N) is 1. The Kier molecular flexibility index (Phi) is 7.04. The molecule has 3 aromatic rings. The fraction of sp³-hybridized carbons (Fsp3) is 0.346. The molecule has 2 N–H and O–H groups in total. The first-order valence-electron chi connectivity index (χ1n) is 11.3. The van der Waals surface area contributed by atoms with Crippen LogP contribution in [0, 0.1) is 12.8 Å².